The highest BCUT2D eigenvalue weighted by Gasteiger charge is 2.49. The van der Waals surface area contributed by atoms with Crippen molar-refractivity contribution in [1.29, 1.82) is 5.26 Å². The number of rotatable bonds is 7. The molecular weight excluding hydrogens is 538 g/mol. The van der Waals surface area contributed by atoms with Gasteiger partial charge in [-0.25, -0.2) is 0 Å². The van der Waals surface area contributed by atoms with E-state index in [-0.39, 0.29) is 10.8 Å². The molecule has 6 aliphatic rings. The summed E-state index contributed by atoms with van der Waals surface area (Å²) >= 11 is 1.60. The van der Waals surface area contributed by atoms with E-state index >= 15 is 0 Å². The van der Waals surface area contributed by atoms with E-state index in [1.54, 1.807) is 11.3 Å². The lowest BCUT2D eigenvalue weighted by Gasteiger charge is -2.33. The van der Waals surface area contributed by atoms with Gasteiger partial charge >= 0.3 is 6.01 Å². The maximum Gasteiger partial charge on any atom is 0.323 e. The summed E-state index contributed by atoms with van der Waals surface area (Å²) in [5, 5.41) is 14.3. The number of fused-ring (bicyclic) bond motifs is 4. The van der Waals surface area contributed by atoms with Crippen LogP contribution in [0.25, 0.3) is 0 Å². The Kier molecular flexibility index (Phi) is 6.29. The Balaban J connectivity index is 1.05. The van der Waals surface area contributed by atoms with Crippen LogP contribution in [0.2, 0.25) is 0 Å². The van der Waals surface area contributed by atoms with Crippen LogP contribution in [0.3, 0.4) is 0 Å². The van der Waals surface area contributed by atoms with Crippen molar-refractivity contribution in [3.8, 4) is 12.1 Å². The lowest BCUT2D eigenvalue weighted by Crippen LogP contribution is -2.51. The van der Waals surface area contributed by atoms with E-state index in [1.165, 1.54) is 36.1 Å². The summed E-state index contributed by atoms with van der Waals surface area (Å²) in [5.41, 5.74) is 8.25. The first-order chi connectivity index (χ1) is 20.0. The molecule has 1 saturated carbocycles. The van der Waals surface area contributed by atoms with E-state index in [2.05, 4.69) is 26.1 Å². The van der Waals surface area contributed by atoms with Gasteiger partial charge in [-0.3, -0.25) is 4.90 Å². The van der Waals surface area contributed by atoms with Crippen LogP contribution in [0.1, 0.15) is 54.5 Å². The van der Waals surface area contributed by atoms with Gasteiger partial charge in [0.25, 0.3) is 0 Å². The molecule has 0 aromatic carbocycles. The van der Waals surface area contributed by atoms with Crippen LogP contribution >= 0.6 is 11.3 Å². The summed E-state index contributed by atoms with van der Waals surface area (Å²) in [6, 6.07) is 3.82. The maximum absolute atomic E-state index is 9.89. The molecule has 8 rings (SSSR count). The van der Waals surface area contributed by atoms with Gasteiger partial charge in [0.05, 0.1) is 25.4 Å². The number of piperazine rings is 1. The average Bonchev–Trinajstić information content (AvgIpc) is 3.26. The van der Waals surface area contributed by atoms with E-state index in [1.807, 2.05) is 0 Å². The number of nitrogen functional groups attached to an aromatic ring is 1. The second kappa shape index (κ2) is 9.93. The molecule has 2 aromatic heterocycles. The number of anilines is 3. The van der Waals surface area contributed by atoms with Crippen LogP contribution in [0.4, 0.5) is 16.9 Å². The number of hydrogen-bond acceptors (Lipinski definition) is 12. The molecule has 0 radical (unpaired) electrons. The highest BCUT2D eigenvalue weighted by molar-refractivity contribution is 7.16. The summed E-state index contributed by atoms with van der Waals surface area (Å²) < 4.78 is 12.0. The zero-order valence-electron chi connectivity index (χ0n) is 23.6. The second-order valence-corrected chi connectivity index (χ2v) is 14.3. The third kappa shape index (κ3) is 4.71. The predicted octanol–water partition coefficient (Wildman–Crippen LogP) is 1.91. The molecule has 2 aromatic rings. The van der Waals surface area contributed by atoms with Crippen LogP contribution < -0.4 is 25.6 Å². The smallest absolute Gasteiger partial charge is 0.323 e. The Morgan fingerprint density at radius 1 is 1.02 bits per heavy atom. The van der Waals surface area contributed by atoms with Crippen molar-refractivity contribution in [2.75, 3.05) is 81.2 Å². The van der Waals surface area contributed by atoms with Crippen LogP contribution in [-0.2, 0) is 16.6 Å². The number of nitriles is 1. The third-order valence-corrected chi connectivity index (χ3v) is 11.4. The predicted molar refractivity (Wildman–Crippen MR) is 157 cm³/mol. The van der Waals surface area contributed by atoms with Gasteiger partial charge in [-0.15, -0.1) is 11.3 Å². The molecule has 1 spiro atoms. The normalized spacial score (nSPS) is 30.1. The first-order valence-corrected chi connectivity index (χ1v) is 16.1. The lowest BCUT2D eigenvalue weighted by molar-refractivity contribution is 0.0231. The average molecular weight is 578 g/mol. The number of ether oxygens (including phenoxy) is 2. The summed E-state index contributed by atoms with van der Waals surface area (Å²) in [5.74, 6) is 1.42. The standard InChI is InChI=1S/C29H39N9O2S/c30-13-21-23-22(41-24(21)31)3-4-29(23)7-8-37(17-29)25-33-26(38-14-19-1-2-20(15-38)32-19)35-27(34-25)40-18-28(5-6-28)16-36-9-11-39-12-10-36/h19-20,32H,1-12,14-18,31H2/t19-,20+,29?. The van der Waals surface area contributed by atoms with Crippen molar-refractivity contribution in [2.45, 2.75) is 62.4 Å². The van der Waals surface area contributed by atoms with Crippen molar-refractivity contribution in [1.82, 2.24) is 25.2 Å². The molecule has 6 heterocycles. The fraction of sp³-hybridized carbons (Fsp3) is 0.724. The minimum absolute atomic E-state index is 0.0628. The highest BCUT2D eigenvalue weighted by atomic mass is 32.1. The topological polar surface area (TPSA) is 129 Å². The van der Waals surface area contributed by atoms with Gasteiger partial charge in [0.2, 0.25) is 11.9 Å². The molecule has 2 aliphatic carbocycles. The monoisotopic (exact) mass is 577 g/mol. The van der Waals surface area contributed by atoms with Crippen molar-refractivity contribution in [3.05, 3.63) is 16.0 Å². The molecule has 218 valence electrons. The van der Waals surface area contributed by atoms with Crippen LogP contribution in [0, 0.1) is 16.7 Å². The van der Waals surface area contributed by atoms with Crippen molar-refractivity contribution in [2.24, 2.45) is 5.41 Å². The molecule has 3 N–H and O–H groups in total. The molecule has 5 fully saturated rings. The SMILES string of the molecule is N#Cc1c(N)sc2c1C1(CC2)CCN(c2nc(OCC3(CN4CCOCC4)CC3)nc(N3C[C@H]4CC[C@@H](C3)N4)n2)C1. The molecule has 4 aliphatic heterocycles. The van der Waals surface area contributed by atoms with Crippen LogP contribution in [0.15, 0.2) is 0 Å². The number of morpholine rings is 1. The molecule has 0 amide bonds. The molecule has 41 heavy (non-hydrogen) atoms. The number of aryl methyl sites for hydroxylation is 1. The van der Waals surface area contributed by atoms with Crippen molar-refractivity contribution >= 4 is 28.2 Å². The molecular formula is C29H39N9O2S. The quantitative estimate of drug-likeness (QED) is 0.501. The zero-order valence-corrected chi connectivity index (χ0v) is 24.4. The van der Waals surface area contributed by atoms with Gasteiger partial charge < -0.3 is 30.3 Å². The Bertz CT molecular complexity index is 1350. The highest BCUT2D eigenvalue weighted by Crippen LogP contribution is 2.52. The largest absolute Gasteiger partial charge is 0.463 e. The molecule has 1 unspecified atom stereocenters. The second-order valence-electron chi connectivity index (χ2n) is 13.1. The summed E-state index contributed by atoms with van der Waals surface area (Å²) in [7, 11) is 0. The number of nitrogens with two attached hydrogens (primary N) is 1. The summed E-state index contributed by atoms with van der Waals surface area (Å²) in [6.45, 7) is 8.76. The molecule has 4 saturated heterocycles. The van der Waals surface area contributed by atoms with Gasteiger partial charge in [0, 0.05) is 73.6 Å². The first-order valence-electron chi connectivity index (χ1n) is 15.3. The zero-order chi connectivity index (χ0) is 27.6. The molecule has 11 nitrogen and oxygen atoms in total. The number of nitrogens with one attached hydrogen (secondary N) is 1. The number of aromatic nitrogens is 3. The Labute approximate surface area is 245 Å². The summed E-state index contributed by atoms with van der Waals surface area (Å²) in [4.78, 5) is 23.3. The van der Waals surface area contributed by atoms with Crippen molar-refractivity contribution in [3.63, 3.8) is 0 Å². The minimum atomic E-state index is -0.0628. The van der Waals surface area contributed by atoms with Crippen molar-refractivity contribution < 1.29 is 9.47 Å². The number of nitrogens with zero attached hydrogens (tertiary/aromatic N) is 7. The van der Waals surface area contributed by atoms with E-state index in [0.717, 1.165) is 84.2 Å². The van der Waals surface area contributed by atoms with Gasteiger partial charge in [0.1, 0.15) is 11.1 Å². The molecule has 12 heteroatoms. The van der Waals surface area contributed by atoms with Gasteiger partial charge in [0.15, 0.2) is 0 Å². The van der Waals surface area contributed by atoms with E-state index < -0.39 is 0 Å². The Hall–Kier alpha value is -2.72. The van der Waals surface area contributed by atoms with Crippen LogP contribution in [0.5, 0.6) is 6.01 Å². The fourth-order valence-electron chi connectivity index (χ4n) is 7.89. The van der Waals surface area contributed by atoms with Gasteiger partial charge in [-0.1, -0.05) is 0 Å². The molecule has 2 bridgehead atoms. The first kappa shape index (κ1) is 25.9. The van der Waals surface area contributed by atoms with E-state index in [4.69, 9.17) is 30.2 Å². The summed E-state index contributed by atoms with van der Waals surface area (Å²) in [6.07, 6.45) is 7.78. The minimum Gasteiger partial charge on any atom is -0.463 e. The van der Waals surface area contributed by atoms with E-state index in [9.17, 15) is 5.26 Å². The third-order valence-electron chi connectivity index (χ3n) is 10.3. The Morgan fingerprint density at radius 3 is 2.51 bits per heavy atom. The molecule has 3 atom stereocenters. The fourth-order valence-corrected chi connectivity index (χ4v) is 9.03. The number of hydrogen-bond donors (Lipinski definition) is 2. The van der Waals surface area contributed by atoms with Gasteiger partial charge in [-0.05, 0) is 50.5 Å². The van der Waals surface area contributed by atoms with Crippen LogP contribution in [-0.4, -0.2) is 97.6 Å². The number of thiophene rings is 1. The Morgan fingerprint density at radius 2 is 1.78 bits per heavy atom. The lowest BCUT2D eigenvalue weighted by atomic mass is 9.80. The maximum atomic E-state index is 9.89. The van der Waals surface area contributed by atoms with Gasteiger partial charge in [-0.2, -0.15) is 20.2 Å². The van der Waals surface area contributed by atoms with E-state index in [0.29, 0.717) is 41.2 Å².